The minimum absolute atomic E-state index is 0.0926. The number of hydrogen-bond acceptors (Lipinski definition) is 5. The number of rotatable bonds is 7. The van der Waals surface area contributed by atoms with Crippen LogP contribution in [0.25, 0.3) is 0 Å². The van der Waals surface area contributed by atoms with Gasteiger partial charge in [0.2, 0.25) is 10.0 Å². The third-order valence-electron chi connectivity index (χ3n) is 2.67. The van der Waals surface area contributed by atoms with E-state index < -0.39 is 20.6 Å². The van der Waals surface area contributed by atoms with Crippen LogP contribution in [-0.4, -0.2) is 31.4 Å². The van der Waals surface area contributed by atoms with Crippen molar-refractivity contribution in [2.24, 2.45) is 0 Å². The van der Waals surface area contributed by atoms with Gasteiger partial charge in [-0.3, -0.25) is 10.1 Å². The molecule has 0 aliphatic rings. The fraction of sp³-hybridized carbons (Fsp3) is 0.455. The lowest BCUT2D eigenvalue weighted by Crippen LogP contribution is -2.26. The Kier molecular flexibility index (Phi) is 6.25. The van der Waals surface area contributed by atoms with Gasteiger partial charge in [-0.15, -0.1) is 0 Å². The SMILES string of the molecule is CSC(C)CCNS(=O)(=O)c1ccc(Cl)c([N+](=O)[O-])c1. The summed E-state index contributed by atoms with van der Waals surface area (Å²) >= 11 is 7.28. The molecule has 0 aromatic heterocycles. The average molecular weight is 339 g/mol. The van der Waals surface area contributed by atoms with Crippen molar-refractivity contribution in [2.75, 3.05) is 12.8 Å². The van der Waals surface area contributed by atoms with Crippen LogP contribution in [0.4, 0.5) is 5.69 Å². The molecule has 0 fully saturated rings. The standard InChI is InChI=1S/C11H15ClN2O4S2/c1-8(19-2)5-6-13-20(17,18)9-3-4-10(12)11(7-9)14(15)16/h3-4,7-8,13H,5-6H2,1-2H3. The molecule has 0 radical (unpaired) electrons. The van der Waals surface area contributed by atoms with E-state index in [0.29, 0.717) is 11.7 Å². The highest BCUT2D eigenvalue weighted by Crippen LogP contribution is 2.26. The number of nitro groups is 1. The molecule has 6 nitrogen and oxygen atoms in total. The van der Waals surface area contributed by atoms with Crippen LogP contribution in [-0.2, 0) is 10.0 Å². The molecule has 0 aliphatic carbocycles. The van der Waals surface area contributed by atoms with Crippen molar-refractivity contribution in [1.82, 2.24) is 4.72 Å². The van der Waals surface area contributed by atoms with Crippen LogP contribution in [0.5, 0.6) is 0 Å². The Balaban J connectivity index is 2.88. The number of sulfonamides is 1. The van der Waals surface area contributed by atoms with Crippen molar-refractivity contribution in [2.45, 2.75) is 23.5 Å². The van der Waals surface area contributed by atoms with Crippen molar-refractivity contribution in [1.29, 1.82) is 0 Å². The zero-order valence-corrected chi connectivity index (χ0v) is 13.4. The van der Waals surface area contributed by atoms with E-state index in [4.69, 9.17) is 11.6 Å². The summed E-state index contributed by atoms with van der Waals surface area (Å²) < 4.78 is 26.4. The van der Waals surface area contributed by atoms with Gasteiger partial charge < -0.3 is 0 Å². The summed E-state index contributed by atoms with van der Waals surface area (Å²) in [6.45, 7) is 2.27. The van der Waals surface area contributed by atoms with E-state index in [0.717, 1.165) is 6.07 Å². The number of nitrogens with zero attached hydrogens (tertiary/aromatic N) is 1. The summed E-state index contributed by atoms with van der Waals surface area (Å²) in [5.74, 6) is 0. The molecule has 112 valence electrons. The number of benzene rings is 1. The molecule has 0 spiro atoms. The van der Waals surface area contributed by atoms with Gasteiger partial charge in [0.05, 0.1) is 9.82 Å². The Morgan fingerprint density at radius 1 is 1.50 bits per heavy atom. The summed E-state index contributed by atoms with van der Waals surface area (Å²) in [6, 6.07) is 3.41. The highest BCUT2D eigenvalue weighted by molar-refractivity contribution is 7.99. The molecule has 0 amide bonds. The van der Waals surface area contributed by atoms with Crippen molar-refractivity contribution < 1.29 is 13.3 Å². The highest BCUT2D eigenvalue weighted by atomic mass is 35.5. The van der Waals surface area contributed by atoms with E-state index in [-0.39, 0.29) is 16.5 Å². The third kappa shape index (κ3) is 4.62. The molecular weight excluding hydrogens is 324 g/mol. The molecule has 20 heavy (non-hydrogen) atoms. The Hall–Kier alpha value is -0.830. The molecule has 0 saturated heterocycles. The van der Waals surface area contributed by atoms with Gasteiger partial charge in [0.1, 0.15) is 5.02 Å². The second-order valence-corrected chi connectivity index (χ2v) is 7.55. The molecule has 1 N–H and O–H groups in total. The van der Waals surface area contributed by atoms with Gasteiger partial charge in [0.25, 0.3) is 5.69 Å². The van der Waals surface area contributed by atoms with E-state index in [2.05, 4.69) is 4.72 Å². The van der Waals surface area contributed by atoms with Gasteiger partial charge in [-0.2, -0.15) is 11.8 Å². The zero-order valence-electron chi connectivity index (χ0n) is 11.0. The number of nitrogens with one attached hydrogen (secondary N) is 1. The Morgan fingerprint density at radius 2 is 2.15 bits per heavy atom. The van der Waals surface area contributed by atoms with Crippen molar-refractivity contribution >= 4 is 39.1 Å². The second kappa shape index (κ2) is 7.26. The fourth-order valence-corrected chi connectivity index (χ4v) is 3.00. The molecule has 0 heterocycles. The molecule has 1 atom stereocenters. The third-order valence-corrected chi connectivity index (χ3v) is 5.49. The van der Waals surface area contributed by atoms with Gasteiger partial charge in [-0.1, -0.05) is 18.5 Å². The monoisotopic (exact) mass is 338 g/mol. The first-order chi connectivity index (χ1) is 9.27. The number of thioether (sulfide) groups is 1. The molecular formula is C11H15ClN2O4S2. The zero-order chi connectivity index (χ0) is 15.3. The van der Waals surface area contributed by atoms with Crippen molar-refractivity contribution in [3.05, 3.63) is 33.3 Å². The minimum atomic E-state index is -3.76. The molecule has 1 aromatic rings. The van der Waals surface area contributed by atoms with E-state index in [9.17, 15) is 18.5 Å². The van der Waals surface area contributed by atoms with Crippen LogP contribution in [0.15, 0.2) is 23.1 Å². The highest BCUT2D eigenvalue weighted by Gasteiger charge is 2.20. The fourth-order valence-electron chi connectivity index (χ4n) is 1.40. The van der Waals surface area contributed by atoms with Gasteiger partial charge >= 0.3 is 0 Å². The minimum Gasteiger partial charge on any atom is -0.258 e. The largest absolute Gasteiger partial charge is 0.289 e. The van der Waals surface area contributed by atoms with Gasteiger partial charge in [-0.05, 0) is 24.8 Å². The Labute approximate surface area is 127 Å². The lowest BCUT2D eigenvalue weighted by Gasteiger charge is -2.10. The lowest BCUT2D eigenvalue weighted by molar-refractivity contribution is -0.384. The summed E-state index contributed by atoms with van der Waals surface area (Å²) in [7, 11) is -3.76. The number of hydrogen-bond donors (Lipinski definition) is 1. The van der Waals surface area contributed by atoms with E-state index >= 15 is 0 Å². The first kappa shape index (κ1) is 17.2. The second-order valence-electron chi connectivity index (χ2n) is 4.10. The van der Waals surface area contributed by atoms with Gasteiger partial charge in [0.15, 0.2) is 0 Å². The van der Waals surface area contributed by atoms with Crippen LogP contribution in [0.1, 0.15) is 13.3 Å². The smallest absolute Gasteiger partial charge is 0.258 e. The normalized spacial score (nSPS) is 13.2. The van der Waals surface area contributed by atoms with E-state index in [1.54, 1.807) is 11.8 Å². The van der Waals surface area contributed by atoms with E-state index in [1.165, 1.54) is 12.1 Å². The lowest BCUT2D eigenvalue weighted by atomic mass is 10.3. The maximum atomic E-state index is 12.0. The van der Waals surface area contributed by atoms with Crippen LogP contribution in [0.2, 0.25) is 5.02 Å². The molecule has 0 saturated carbocycles. The van der Waals surface area contributed by atoms with Gasteiger partial charge in [0, 0.05) is 17.9 Å². The molecule has 9 heteroatoms. The predicted molar refractivity (Wildman–Crippen MR) is 80.9 cm³/mol. The quantitative estimate of drug-likeness (QED) is 0.609. The number of nitro benzene ring substituents is 1. The van der Waals surface area contributed by atoms with Crippen molar-refractivity contribution in [3.8, 4) is 0 Å². The predicted octanol–water partition coefficient (Wildman–Crippen LogP) is 2.67. The van der Waals surface area contributed by atoms with Gasteiger partial charge in [-0.25, -0.2) is 13.1 Å². The summed E-state index contributed by atoms with van der Waals surface area (Å²) in [5.41, 5.74) is -0.424. The first-order valence-corrected chi connectivity index (χ1v) is 8.89. The summed E-state index contributed by atoms with van der Waals surface area (Å²) in [5, 5.41) is 11.0. The Morgan fingerprint density at radius 3 is 2.70 bits per heavy atom. The van der Waals surface area contributed by atoms with E-state index in [1.807, 2.05) is 13.2 Å². The molecule has 1 aromatic carbocycles. The Bertz CT molecular complexity index is 592. The number of halogens is 1. The maximum Gasteiger partial charge on any atom is 0.289 e. The molecule has 0 aliphatic heterocycles. The molecule has 1 rings (SSSR count). The summed E-state index contributed by atoms with van der Waals surface area (Å²) in [6.07, 6.45) is 2.62. The topological polar surface area (TPSA) is 89.3 Å². The first-order valence-electron chi connectivity index (χ1n) is 5.74. The van der Waals surface area contributed by atoms with Crippen LogP contribution in [0, 0.1) is 10.1 Å². The molecule has 0 bridgehead atoms. The maximum absolute atomic E-state index is 12.0. The average Bonchev–Trinajstić information content (AvgIpc) is 2.38. The van der Waals surface area contributed by atoms with Crippen LogP contribution >= 0.6 is 23.4 Å². The van der Waals surface area contributed by atoms with Crippen LogP contribution < -0.4 is 4.72 Å². The van der Waals surface area contributed by atoms with Crippen LogP contribution in [0.3, 0.4) is 0 Å². The summed E-state index contributed by atoms with van der Waals surface area (Å²) in [4.78, 5) is 9.87. The molecule has 1 unspecified atom stereocenters. The van der Waals surface area contributed by atoms with Crippen molar-refractivity contribution in [3.63, 3.8) is 0 Å².